The van der Waals surface area contributed by atoms with Gasteiger partial charge in [0.2, 0.25) is 0 Å². The molecule has 24 heavy (non-hydrogen) atoms. The fourth-order valence-corrected chi connectivity index (χ4v) is 2.03. The van der Waals surface area contributed by atoms with Crippen LogP contribution in [0.4, 0.5) is 0 Å². The lowest BCUT2D eigenvalue weighted by Gasteiger charge is -2.11. The van der Waals surface area contributed by atoms with Gasteiger partial charge in [-0.05, 0) is 30.2 Å². The van der Waals surface area contributed by atoms with E-state index in [1.54, 1.807) is 30.3 Å². The highest BCUT2D eigenvalue weighted by atomic mass is 16.3. The minimum atomic E-state index is -0.392. The third-order valence-corrected chi connectivity index (χ3v) is 3.26. The van der Waals surface area contributed by atoms with Crippen LogP contribution in [0.2, 0.25) is 0 Å². The molecular weight excluding hydrogens is 304 g/mol. The maximum atomic E-state index is 12.3. The summed E-state index contributed by atoms with van der Waals surface area (Å²) in [6.07, 6.45) is 2.08. The van der Waals surface area contributed by atoms with Crippen molar-refractivity contribution in [3.63, 3.8) is 0 Å². The van der Waals surface area contributed by atoms with E-state index in [0.717, 1.165) is 5.56 Å². The number of nitrogens with one attached hydrogen (secondary N) is 2. The molecule has 0 heterocycles. The predicted molar refractivity (Wildman–Crippen MR) is 93.0 cm³/mol. The second kappa shape index (κ2) is 9.27. The Balaban J connectivity index is 2.17. The van der Waals surface area contributed by atoms with E-state index in [2.05, 4.69) is 10.6 Å². The van der Waals surface area contributed by atoms with Crippen molar-refractivity contribution in [1.82, 2.24) is 10.6 Å². The smallest absolute Gasteiger partial charge is 0.267 e. The van der Waals surface area contributed by atoms with Gasteiger partial charge in [0.1, 0.15) is 5.70 Å². The van der Waals surface area contributed by atoms with Crippen molar-refractivity contribution in [2.45, 2.75) is 6.42 Å². The molecule has 0 fully saturated rings. The van der Waals surface area contributed by atoms with E-state index in [0.29, 0.717) is 18.5 Å². The van der Waals surface area contributed by atoms with Crippen LogP contribution in [0, 0.1) is 0 Å². The summed E-state index contributed by atoms with van der Waals surface area (Å²) >= 11 is 0. The van der Waals surface area contributed by atoms with Crippen LogP contribution in [0.5, 0.6) is 0 Å². The Morgan fingerprint density at radius 2 is 1.58 bits per heavy atom. The molecule has 124 valence electrons. The van der Waals surface area contributed by atoms with Crippen molar-refractivity contribution in [1.29, 1.82) is 0 Å². The summed E-state index contributed by atoms with van der Waals surface area (Å²) in [5, 5.41) is 14.1. The van der Waals surface area contributed by atoms with Crippen LogP contribution in [0.25, 0.3) is 6.08 Å². The molecule has 0 aliphatic carbocycles. The zero-order valence-corrected chi connectivity index (χ0v) is 13.2. The van der Waals surface area contributed by atoms with Crippen LogP contribution >= 0.6 is 0 Å². The SMILES string of the molecule is O=C(NCCCO)/C(=C/c1ccccc1)NC(=O)c1ccccc1. The molecule has 0 unspecified atom stereocenters. The topological polar surface area (TPSA) is 78.4 Å². The van der Waals surface area contributed by atoms with E-state index in [1.807, 2.05) is 36.4 Å². The molecule has 2 rings (SSSR count). The Morgan fingerprint density at radius 1 is 0.958 bits per heavy atom. The lowest BCUT2D eigenvalue weighted by Crippen LogP contribution is -2.35. The number of benzene rings is 2. The summed E-state index contributed by atoms with van der Waals surface area (Å²) < 4.78 is 0. The first-order valence-electron chi connectivity index (χ1n) is 7.73. The average molecular weight is 324 g/mol. The maximum absolute atomic E-state index is 12.3. The first-order valence-corrected chi connectivity index (χ1v) is 7.73. The Labute approximate surface area is 141 Å². The molecule has 0 saturated carbocycles. The summed E-state index contributed by atoms with van der Waals surface area (Å²) in [4.78, 5) is 24.6. The lowest BCUT2D eigenvalue weighted by atomic mass is 10.1. The van der Waals surface area contributed by atoms with E-state index in [-0.39, 0.29) is 18.2 Å². The van der Waals surface area contributed by atoms with Crippen LogP contribution in [-0.4, -0.2) is 30.1 Å². The van der Waals surface area contributed by atoms with Crippen LogP contribution in [0.3, 0.4) is 0 Å². The molecule has 5 nitrogen and oxygen atoms in total. The van der Waals surface area contributed by atoms with E-state index in [9.17, 15) is 9.59 Å². The molecule has 0 spiro atoms. The molecule has 0 aromatic heterocycles. The van der Waals surface area contributed by atoms with Gasteiger partial charge in [-0.25, -0.2) is 0 Å². The van der Waals surface area contributed by atoms with Gasteiger partial charge in [-0.2, -0.15) is 0 Å². The number of hydrogen-bond donors (Lipinski definition) is 3. The standard InChI is InChI=1S/C19H20N2O3/c22-13-7-12-20-19(24)17(14-15-8-3-1-4-9-15)21-18(23)16-10-5-2-6-11-16/h1-6,8-11,14,22H,7,12-13H2,(H,20,24)(H,21,23)/b17-14-. The number of carbonyl (C=O) groups is 2. The van der Waals surface area contributed by atoms with Crippen LogP contribution in [0.1, 0.15) is 22.3 Å². The van der Waals surface area contributed by atoms with Gasteiger partial charge in [0.05, 0.1) is 0 Å². The number of hydrogen-bond acceptors (Lipinski definition) is 3. The predicted octanol–water partition coefficient (Wildman–Crippen LogP) is 1.96. The summed E-state index contributed by atoms with van der Waals surface area (Å²) in [6, 6.07) is 18.0. The Hall–Kier alpha value is -2.92. The summed E-state index contributed by atoms with van der Waals surface area (Å²) in [7, 11) is 0. The highest BCUT2D eigenvalue weighted by Crippen LogP contribution is 2.07. The van der Waals surface area contributed by atoms with Gasteiger partial charge >= 0.3 is 0 Å². The number of carbonyl (C=O) groups excluding carboxylic acids is 2. The molecule has 2 amide bonds. The lowest BCUT2D eigenvalue weighted by molar-refractivity contribution is -0.117. The zero-order valence-electron chi connectivity index (χ0n) is 13.2. The van der Waals surface area contributed by atoms with Crippen LogP contribution in [0.15, 0.2) is 66.4 Å². The third-order valence-electron chi connectivity index (χ3n) is 3.26. The van der Waals surface area contributed by atoms with Crippen LogP contribution in [-0.2, 0) is 4.79 Å². The van der Waals surface area contributed by atoms with E-state index in [1.165, 1.54) is 0 Å². The molecule has 5 heteroatoms. The normalized spacial score (nSPS) is 11.0. The number of aliphatic hydroxyl groups excluding tert-OH is 1. The molecule has 0 saturated heterocycles. The van der Waals surface area contributed by atoms with E-state index in [4.69, 9.17) is 5.11 Å². The second-order valence-corrected chi connectivity index (χ2v) is 5.12. The van der Waals surface area contributed by atoms with Gasteiger partial charge in [0.25, 0.3) is 11.8 Å². The quantitative estimate of drug-likeness (QED) is 0.538. The number of aliphatic hydroxyl groups is 1. The second-order valence-electron chi connectivity index (χ2n) is 5.12. The molecule has 0 atom stereocenters. The Kier molecular flexibility index (Phi) is 6.73. The summed E-state index contributed by atoms with van der Waals surface area (Å²) in [5.41, 5.74) is 1.44. The van der Waals surface area contributed by atoms with Gasteiger partial charge < -0.3 is 15.7 Å². The first-order chi connectivity index (χ1) is 11.7. The fourth-order valence-electron chi connectivity index (χ4n) is 2.03. The molecule has 3 N–H and O–H groups in total. The molecule has 0 aliphatic rings. The highest BCUT2D eigenvalue weighted by Gasteiger charge is 2.14. The third kappa shape index (κ3) is 5.37. The molecular formula is C19H20N2O3. The molecule has 2 aromatic carbocycles. The maximum Gasteiger partial charge on any atom is 0.267 e. The van der Waals surface area contributed by atoms with E-state index < -0.39 is 5.91 Å². The van der Waals surface area contributed by atoms with Gasteiger partial charge in [0, 0.05) is 18.7 Å². The van der Waals surface area contributed by atoms with Crippen molar-refractivity contribution in [2.75, 3.05) is 13.2 Å². The molecule has 0 aliphatic heterocycles. The number of rotatable bonds is 7. The minimum absolute atomic E-state index is 0.00557. The average Bonchev–Trinajstić information content (AvgIpc) is 2.63. The number of amides is 2. The van der Waals surface area contributed by atoms with Crippen molar-refractivity contribution >= 4 is 17.9 Å². The Bertz CT molecular complexity index is 697. The van der Waals surface area contributed by atoms with E-state index >= 15 is 0 Å². The van der Waals surface area contributed by atoms with Gasteiger partial charge in [-0.3, -0.25) is 9.59 Å². The van der Waals surface area contributed by atoms with Crippen molar-refractivity contribution in [3.8, 4) is 0 Å². The van der Waals surface area contributed by atoms with Crippen molar-refractivity contribution < 1.29 is 14.7 Å². The van der Waals surface area contributed by atoms with Crippen LogP contribution < -0.4 is 10.6 Å². The Morgan fingerprint density at radius 3 is 2.21 bits per heavy atom. The summed E-state index contributed by atoms with van der Waals surface area (Å²) in [5.74, 6) is -0.744. The molecule has 0 bridgehead atoms. The minimum Gasteiger partial charge on any atom is -0.396 e. The summed E-state index contributed by atoms with van der Waals surface area (Å²) in [6.45, 7) is 0.330. The monoisotopic (exact) mass is 324 g/mol. The highest BCUT2D eigenvalue weighted by molar-refractivity contribution is 6.05. The zero-order chi connectivity index (χ0) is 17.2. The van der Waals surface area contributed by atoms with Gasteiger partial charge in [-0.1, -0.05) is 48.5 Å². The van der Waals surface area contributed by atoms with Gasteiger partial charge in [0.15, 0.2) is 0 Å². The van der Waals surface area contributed by atoms with Crippen molar-refractivity contribution in [2.24, 2.45) is 0 Å². The largest absolute Gasteiger partial charge is 0.396 e. The van der Waals surface area contributed by atoms with Gasteiger partial charge in [-0.15, -0.1) is 0 Å². The first kappa shape index (κ1) is 17.4. The fraction of sp³-hybridized carbons (Fsp3) is 0.158. The molecule has 2 aromatic rings. The van der Waals surface area contributed by atoms with Crippen molar-refractivity contribution in [3.05, 3.63) is 77.5 Å². The molecule has 0 radical (unpaired) electrons.